The maximum atomic E-state index is 6.59. The molecule has 10 rings (SSSR count). The van der Waals surface area contributed by atoms with E-state index in [-0.39, 0.29) is 0 Å². The van der Waals surface area contributed by atoms with E-state index in [1.807, 2.05) is 36.5 Å². The minimum Gasteiger partial charge on any atom is -0.456 e. The van der Waals surface area contributed by atoms with Gasteiger partial charge in [-0.05, 0) is 40.6 Å². The number of para-hydroxylation sites is 2. The molecule has 10 aromatic rings. The lowest BCUT2D eigenvalue weighted by Gasteiger charge is -2.11. The Morgan fingerprint density at radius 2 is 1.05 bits per heavy atom. The molecule has 0 N–H and O–H groups in total. The number of nitrogens with zero attached hydrogens (tertiary/aromatic N) is 2. The van der Waals surface area contributed by atoms with Crippen LogP contribution in [0.4, 0.5) is 0 Å². The minimum atomic E-state index is 0.824. The number of furan rings is 2. The van der Waals surface area contributed by atoms with Gasteiger partial charge in [-0.1, -0.05) is 103 Å². The predicted octanol–water partition coefficient (Wildman–Crippen LogP) is 11.1. The number of rotatable bonds is 2. The van der Waals surface area contributed by atoms with Crippen molar-refractivity contribution >= 4 is 76.5 Å². The van der Waals surface area contributed by atoms with Crippen molar-refractivity contribution in [2.24, 2.45) is 0 Å². The van der Waals surface area contributed by atoms with Crippen molar-refractivity contribution in [1.29, 1.82) is 0 Å². The van der Waals surface area contributed by atoms with E-state index in [9.17, 15) is 0 Å². The Hall–Kier alpha value is -6.00. The second-order valence-corrected chi connectivity index (χ2v) is 11.3. The maximum Gasteiger partial charge on any atom is 0.144 e. The van der Waals surface area contributed by atoms with E-state index in [0.717, 1.165) is 88.1 Å². The summed E-state index contributed by atoms with van der Waals surface area (Å²) in [7, 11) is 0. The molecule has 0 amide bonds. The molecule has 0 aliphatic rings. The zero-order chi connectivity index (χ0) is 28.8. The average Bonchev–Trinajstić information content (AvgIpc) is 3.65. The van der Waals surface area contributed by atoms with E-state index >= 15 is 0 Å². The summed E-state index contributed by atoms with van der Waals surface area (Å²) >= 11 is 0. The summed E-state index contributed by atoms with van der Waals surface area (Å²) < 4.78 is 13.0. The Bertz CT molecular complexity index is 2750. The second-order valence-electron chi connectivity index (χ2n) is 11.3. The lowest BCUT2D eigenvalue weighted by molar-refractivity contribution is 0.664. The van der Waals surface area contributed by atoms with Gasteiger partial charge >= 0.3 is 0 Å². The Balaban J connectivity index is 1.26. The van der Waals surface area contributed by atoms with Gasteiger partial charge in [-0.3, -0.25) is 4.98 Å². The smallest absolute Gasteiger partial charge is 0.144 e. The summed E-state index contributed by atoms with van der Waals surface area (Å²) in [6.45, 7) is 0. The second kappa shape index (κ2) is 8.76. The normalized spacial score (nSPS) is 12.1. The first-order valence-corrected chi connectivity index (χ1v) is 14.7. The van der Waals surface area contributed by atoms with Crippen LogP contribution in [0.15, 0.2) is 142 Å². The van der Waals surface area contributed by atoms with Crippen molar-refractivity contribution in [3.63, 3.8) is 0 Å². The number of fused-ring (bicyclic) bond motifs is 12. The first kappa shape index (κ1) is 23.6. The zero-order valence-corrected chi connectivity index (χ0v) is 23.4. The summed E-state index contributed by atoms with van der Waals surface area (Å²) in [5.74, 6) is 0. The van der Waals surface area contributed by atoms with Crippen molar-refractivity contribution in [2.75, 3.05) is 0 Å². The number of hydrogen-bond donors (Lipinski definition) is 0. The Labute approximate surface area is 250 Å². The van der Waals surface area contributed by atoms with Gasteiger partial charge in [0, 0.05) is 43.4 Å². The van der Waals surface area contributed by atoms with E-state index in [2.05, 4.69) is 97.1 Å². The highest BCUT2D eigenvalue weighted by Gasteiger charge is 2.21. The van der Waals surface area contributed by atoms with Crippen LogP contribution in [0.25, 0.3) is 98.8 Å². The van der Waals surface area contributed by atoms with Crippen LogP contribution < -0.4 is 0 Å². The van der Waals surface area contributed by atoms with Crippen molar-refractivity contribution in [2.45, 2.75) is 0 Å². The van der Waals surface area contributed by atoms with Crippen molar-refractivity contribution < 1.29 is 8.83 Å². The van der Waals surface area contributed by atoms with Crippen LogP contribution in [0, 0.1) is 0 Å². The summed E-state index contributed by atoms with van der Waals surface area (Å²) in [5.41, 5.74) is 9.10. The van der Waals surface area contributed by atoms with Gasteiger partial charge in [0.25, 0.3) is 0 Å². The highest BCUT2D eigenvalue weighted by molar-refractivity contribution is 6.24. The summed E-state index contributed by atoms with van der Waals surface area (Å²) in [6, 6.07) is 43.9. The van der Waals surface area contributed by atoms with E-state index in [0.29, 0.717) is 0 Å². The molecule has 0 aliphatic heterocycles. The van der Waals surface area contributed by atoms with E-state index < -0.39 is 0 Å². The topological polar surface area (TPSA) is 52.1 Å². The van der Waals surface area contributed by atoms with E-state index in [1.165, 1.54) is 10.8 Å². The molecule has 0 saturated heterocycles. The fourth-order valence-corrected chi connectivity index (χ4v) is 6.93. The molecule has 0 fully saturated rings. The maximum absolute atomic E-state index is 6.59. The van der Waals surface area contributed by atoms with E-state index in [4.69, 9.17) is 18.8 Å². The summed E-state index contributed by atoms with van der Waals surface area (Å²) in [6.07, 6.45) is 1.90. The van der Waals surface area contributed by atoms with Crippen molar-refractivity contribution in [1.82, 2.24) is 9.97 Å². The standard InChI is InChI=1S/C40H22N2O2/c1-3-15-28-25(12-1)26-13-2-4-16-29(26)39-38(28)41-22-32(42-39)23-10-9-11-24(20-23)36-37-30-17-6-8-19-34(30)43-35(37)21-31-27-14-5-7-18-33(27)44-40(31)36/h1-22H. The fraction of sp³-hybridized carbons (Fsp3) is 0. The van der Waals surface area contributed by atoms with Crippen LogP contribution in [-0.4, -0.2) is 9.97 Å². The SMILES string of the molecule is c1cc(-c2cnc3c4ccccc4c4ccccc4c3n2)cc(-c2c3oc4ccccc4c3cc3oc4ccccc4c23)c1. The van der Waals surface area contributed by atoms with Gasteiger partial charge in [0.05, 0.1) is 22.9 Å². The molecule has 7 aromatic carbocycles. The summed E-state index contributed by atoms with van der Waals surface area (Å²) in [4.78, 5) is 10.3. The molecule has 0 aliphatic carbocycles. The molecule has 0 unspecified atom stereocenters. The monoisotopic (exact) mass is 562 g/mol. The van der Waals surface area contributed by atoms with Gasteiger partial charge in [0.1, 0.15) is 22.3 Å². The van der Waals surface area contributed by atoms with Crippen LogP contribution in [0.2, 0.25) is 0 Å². The molecular weight excluding hydrogens is 540 g/mol. The molecule has 204 valence electrons. The molecule has 3 heterocycles. The van der Waals surface area contributed by atoms with Crippen LogP contribution in [0.5, 0.6) is 0 Å². The van der Waals surface area contributed by atoms with E-state index in [1.54, 1.807) is 0 Å². The Kier molecular flexibility index (Phi) is 4.69. The van der Waals surface area contributed by atoms with Crippen LogP contribution >= 0.6 is 0 Å². The number of aromatic nitrogens is 2. The molecular formula is C40H22N2O2. The molecule has 3 aromatic heterocycles. The number of hydrogen-bond acceptors (Lipinski definition) is 4. The van der Waals surface area contributed by atoms with Gasteiger partial charge in [0.2, 0.25) is 0 Å². The Morgan fingerprint density at radius 1 is 0.432 bits per heavy atom. The van der Waals surface area contributed by atoms with Gasteiger partial charge in [-0.25, -0.2) is 4.98 Å². The molecule has 0 bridgehead atoms. The molecule has 44 heavy (non-hydrogen) atoms. The molecule has 4 nitrogen and oxygen atoms in total. The van der Waals surface area contributed by atoms with Crippen molar-refractivity contribution in [3.05, 3.63) is 134 Å². The highest BCUT2D eigenvalue weighted by atomic mass is 16.3. The third-order valence-corrected chi connectivity index (χ3v) is 8.88. The fourth-order valence-electron chi connectivity index (χ4n) is 6.93. The van der Waals surface area contributed by atoms with Gasteiger partial charge < -0.3 is 8.83 Å². The molecule has 0 saturated carbocycles. The lowest BCUT2D eigenvalue weighted by atomic mass is 9.95. The molecule has 0 spiro atoms. The Morgan fingerprint density at radius 3 is 1.82 bits per heavy atom. The lowest BCUT2D eigenvalue weighted by Crippen LogP contribution is -1.92. The quantitative estimate of drug-likeness (QED) is 0.197. The largest absolute Gasteiger partial charge is 0.456 e. The first-order valence-electron chi connectivity index (χ1n) is 14.7. The molecule has 4 heteroatoms. The average molecular weight is 563 g/mol. The van der Waals surface area contributed by atoms with Crippen molar-refractivity contribution in [3.8, 4) is 22.4 Å². The minimum absolute atomic E-state index is 0.824. The third kappa shape index (κ3) is 3.22. The zero-order valence-electron chi connectivity index (χ0n) is 23.4. The predicted molar refractivity (Wildman–Crippen MR) is 180 cm³/mol. The van der Waals surface area contributed by atoms with Crippen LogP contribution in [0.1, 0.15) is 0 Å². The number of benzene rings is 7. The van der Waals surface area contributed by atoms with Crippen LogP contribution in [0.3, 0.4) is 0 Å². The third-order valence-electron chi connectivity index (χ3n) is 8.88. The van der Waals surface area contributed by atoms with Crippen LogP contribution in [-0.2, 0) is 0 Å². The van der Waals surface area contributed by atoms with Gasteiger partial charge in [-0.15, -0.1) is 0 Å². The summed E-state index contributed by atoms with van der Waals surface area (Å²) in [5, 5.41) is 8.81. The van der Waals surface area contributed by atoms with Gasteiger partial charge in [0.15, 0.2) is 0 Å². The molecule has 0 radical (unpaired) electrons. The molecule has 0 atom stereocenters. The highest BCUT2D eigenvalue weighted by Crippen LogP contribution is 2.45. The first-order chi connectivity index (χ1) is 21.8. The van der Waals surface area contributed by atoms with Gasteiger partial charge in [-0.2, -0.15) is 0 Å².